The van der Waals surface area contributed by atoms with Gasteiger partial charge in [0, 0.05) is 5.56 Å². The number of phenols is 1. The molecule has 5 heteroatoms. The monoisotopic (exact) mass is 296 g/mol. The molecule has 0 fully saturated rings. The van der Waals surface area contributed by atoms with E-state index in [2.05, 4.69) is 17.1 Å². The zero-order valence-corrected chi connectivity index (χ0v) is 11.9. The second kappa shape index (κ2) is 7.08. The van der Waals surface area contributed by atoms with E-state index in [-0.39, 0.29) is 11.3 Å². The molecule has 0 atom stereocenters. The molecule has 0 saturated heterocycles. The third kappa shape index (κ3) is 3.73. The van der Waals surface area contributed by atoms with E-state index in [1.807, 2.05) is 12.1 Å². The van der Waals surface area contributed by atoms with Gasteiger partial charge in [-0.3, -0.25) is 5.43 Å². The molecule has 0 saturated carbocycles. The second-order valence-electron chi connectivity index (χ2n) is 4.60. The summed E-state index contributed by atoms with van der Waals surface area (Å²) >= 11 is 0. The third-order valence-corrected chi connectivity index (χ3v) is 3.04. The number of carboxylic acids is 1. The number of carbonyl (C=O) groups is 1. The molecule has 5 nitrogen and oxygen atoms in total. The van der Waals surface area contributed by atoms with Crippen LogP contribution < -0.4 is 5.43 Å². The average molecular weight is 296 g/mol. The lowest BCUT2D eigenvalue weighted by atomic mass is 10.1. The number of nitrogens with one attached hydrogen (secondary N) is 1. The molecule has 0 spiro atoms. The van der Waals surface area contributed by atoms with Crippen LogP contribution in [-0.2, 0) is 6.42 Å². The highest BCUT2D eigenvalue weighted by molar-refractivity contribution is 5.88. The standard InChI is InChI=1S/C17H16N2O3/c1-2-4-12-5-3-6-14(16(12)20)11-18-19-15-9-7-13(8-10-15)17(21)22/h2-3,5-11,19-20H,1,4H2,(H,21,22)/b18-11+. The van der Waals surface area contributed by atoms with Crippen molar-refractivity contribution in [2.45, 2.75) is 6.42 Å². The van der Waals surface area contributed by atoms with Gasteiger partial charge in [0.15, 0.2) is 0 Å². The molecule has 0 unspecified atom stereocenters. The number of para-hydroxylation sites is 1. The summed E-state index contributed by atoms with van der Waals surface area (Å²) < 4.78 is 0. The smallest absolute Gasteiger partial charge is 0.335 e. The highest BCUT2D eigenvalue weighted by atomic mass is 16.4. The van der Waals surface area contributed by atoms with Crippen molar-refractivity contribution in [1.29, 1.82) is 0 Å². The first-order valence-corrected chi connectivity index (χ1v) is 6.66. The van der Waals surface area contributed by atoms with Crippen LogP contribution in [0.5, 0.6) is 5.75 Å². The summed E-state index contributed by atoms with van der Waals surface area (Å²) in [5.41, 5.74) is 5.02. The highest BCUT2D eigenvalue weighted by Gasteiger charge is 2.04. The van der Waals surface area contributed by atoms with E-state index in [1.54, 1.807) is 24.3 Å². The summed E-state index contributed by atoms with van der Waals surface area (Å²) in [6, 6.07) is 11.6. The Morgan fingerprint density at radius 2 is 1.95 bits per heavy atom. The van der Waals surface area contributed by atoms with E-state index in [4.69, 9.17) is 5.11 Å². The molecule has 2 aromatic rings. The van der Waals surface area contributed by atoms with E-state index >= 15 is 0 Å². The van der Waals surface area contributed by atoms with Crippen molar-refractivity contribution in [3.63, 3.8) is 0 Å². The van der Waals surface area contributed by atoms with Crippen molar-refractivity contribution in [3.05, 3.63) is 71.8 Å². The Balaban J connectivity index is 2.07. The van der Waals surface area contributed by atoms with Crippen LogP contribution in [0.3, 0.4) is 0 Å². The van der Waals surface area contributed by atoms with E-state index in [1.165, 1.54) is 18.3 Å². The van der Waals surface area contributed by atoms with E-state index in [0.717, 1.165) is 5.56 Å². The molecule has 2 aromatic carbocycles. The SMILES string of the molecule is C=CCc1cccc(/C=N/Nc2ccc(C(=O)O)cc2)c1O. The number of anilines is 1. The van der Waals surface area contributed by atoms with E-state index in [0.29, 0.717) is 17.7 Å². The molecule has 3 N–H and O–H groups in total. The van der Waals surface area contributed by atoms with Gasteiger partial charge < -0.3 is 10.2 Å². The number of hydrogen-bond donors (Lipinski definition) is 3. The van der Waals surface area contributed by atoms with Gasteiger partial charge in [-0.15, -0.1) is 6.58 Å². The second-order valence-corrected chi connectivity index (χ2v) is 4.60. The van der Waals surface area contributed by atoms with Crippen molar-refractivity contribution in [1.82, 2.24) is 0 Å². The number of aromatic carboxylic acids is 1. The zero-order valence-electron chi connectivity index (χ0n) is 11.9. The summed E-state index contributed by atoms with van der Waals surface area (Å²) in [7, 11) is 0. The molecule has 0 aliphatic carbocycles. The van der Waals surface area contributed by atoms with Gasteiger partial charge in [-0.05, 0) is 42.3 Å². The zero-order chi connectivity index (χ0) is 15.9. The lowest BCUT2D eigenvalue weighted by molar-refractivity contribution is 0.0697. The van der Waals surface area contributed by atoms with Gasteiger partial charge in [-0.1, -0.05) is 18.2 Å². The number of aromatic hydroxyl groups is 1. The third-order valence-electron chi connectivity index (χ3n) is 3.04. The number of hydrogen-bond acceptors (Lipinski definition) is 4. The summed E-state index contributed by atoms with van der Waals surface area (Å²) in [6.07, 6.45) is 3.81. The van der Waals surface area contributed by atoms with Crippen LogP contribution in [0.25, 0.3) is 0 Å². The Morgan fingerprint density at radius 1 is 1.23 bits per heavy atom. The minimum Gasteiger partial charge on any atom is -0.507 e. The quantitative estimate of drug-likeness (QED) is 0.434. The molecular formula is C17H16N2O3. The number of nitrogens with zero attached hydrogens (tertiary/aromatic N) is 1. The van der Waals surface area contributed by atoms with Crippen LogP contribution in [0, 0.1) is 0 Å². The van der Waals surface area contributed by atoms with E-state index in [9.17, 15) is 9.90 Å². The summed E-state index contributed by atoms with van der Waals surface area (Å²) in [4.78, 5) is 10.7. The van der Waals surface area contributed by atoms with Gasteiger partial charge >= 0.3 is 5.97 Å². The number of hydrazone groups is 1. The molecule has 22 heavy (non-hydrogen) atoms. The summed E-state index contributed by atoms with van der Waals surface area (Å²) in [5, 5.41) is 22.9. The molecule has 2 rings (SSSR count). The highest BCUT2D eigenvalue weighted by Crippen LogP contribution is 2.21. The largest absolute Gasteiger partial charge is 0.507 e. The Morgan fingerprint density at radius 3 is 2.59 bits per heavy atom. The van der Waals surface area contributed by atoms with Crippen molar-refractivity contribution in [2.24, 2.45) is 5.10 Å². The van der Waals surface area contributed by atoms with Gasteiger partial charge in [0.05, 0.1) is 17.5 Å². The number of phenolic OH excluding ortho intramolecular Hbond substituents is 1. The van der Waals surface area contributed by atoms with Gasteiger partial charge in [0.2, 0.25) is 0 Å². The maximum atomic E-state index is 10.7. The summed E-state index contributed by atoms with van der Waals surface area (Å²) in [6.45, 7) is 3.65. The number of allylic oxidation sites excluding steroid dienone is 1. The molecule has 0 aliphatic heterocycles. The van der Waals surface area contributed by atoms with Crippen LogP contribution in [0.2, 0.25) is 0 Å². The molecule has 112 valence electrons. The summed E-state index contributed by atoms with van der Waals surface area (Å²) in [5.74, 6) is -0.798. The Kier molecular flexibility index (Phi) is 4.93. The van der Waals surface area contributed by atoms with Crippen LogP contribution in [0.15, 0.2) is 60.2 Å². The van der Waals surface area contributed by atoms with Crippen LogP contribution in [0.1, 0.15) is 21.5 Å². The molecule has 0 radical (unpaired) electrons. The fourth-order valence-electron chi connectivity index (χ4n) is 1.90. The molecule has 0 amide bonds. The Labute approximate surface area is 128 Å². The van der Waals surface area contributed by atoms with Crippen LogP contribution >= 0.6 is 0 Å². The van der Waals surface area contributed by atoms with Crippen molar-refractivity contribution in [2.75, 3.05) is 5.43 Å². The number of rotatable bonds is 6. The minimum atomic E-state index is -0.973. The lowest BCUT2D eigenvalue weighted by Gasteiger charge is -2.05. The predicted octanol–water partition coefficient (Wildman–Crippen LogP) is 3.26. The fraction of sp³-hybridized carbons (Fsp3) is 0.0588. The van der Waals surface area contributed by atoms with E-state index < -0.39 is 5.97 Å². The maximum Gasteiger partial charge on any atom is 0.335 e. The Bertz CT molecular complexity index is 706. The topological polar surface area (TPSA) is 81.9 Å². The predicted molar refractivity (Wildman–Crippen MR) is 86.6 cm³/mol. The van der Waals surface area contributed by atoms with Crippen molar-refractivity contribution >= 4 is 17.9 Å². The average Bonchev–Trinajstić information content (AvgIpc) is 2.51. The Hall–Kier alpha value is -3.08. The molecule has 0 heterocycles. The lowest BCUT2D eigenvalue weighted by Crippen LogP contribution is -1.96. The van der Waals surface area contributed by atoms with Crippen molar-refractivity contribution in [3.8, 4) is 5.75 Å². The number of benzene rings is 2. The normalized spacial score (nSPS) is 10.5. The molecule has 0 aromatic heterocycles. The first-order chi connectivity index (χ1) is 10.6. The fourth-order valence-corrected chi connectivity index (χ4v) is 1.90. The molecule has 0 aliphatic rings. The van der Waals surface area contributed by atoms with Crippen LogP contribution in [-0.4, -0.2) is 22.4 Å². The van der Waals surface area contributed by atoms with Crippen molar-refractivity contribution < 1.29 is 15.0 Å². The van der Waals surface area contributed by atoms with Gasteiger partial charge in [-0.2, -0.15) is 5.10 Å². The van der Waals surface area contributed by atoms with Crippen LogP contribution in [0.4, 0.5) is 5.69 Å². The molecular weight excluding hydrogens is 280 g/mol. The van der Waals surface area contributed by atoms with Gasteiger partial charge in [0.1, 0.15) is 5.75 Å². The first kappa shape index (κ1) is 15.3. The maximum absolute atomic E-state index is 10.7. The van der Waals surface area contributed by atoms with Gasteiger partial charge in [-0.25, -0.2) is 4.79 Å². The number of carboxylic acid groups (broad SMARTS) is 1. The van der Waals surface area contributed by atoms with Gasteiger partial charge in [0.25, 0.3) is 0 Å². The first-order valence-electron chi connectivity index (χ1n) is 6.66. The molecule has 0 bridgehead atoms. The minimum absolute atomic E-state index is 0.175.